The van der Waals surface area contributed by atoms with Crippen LogP contribution in [0.25, 0.3) is 0 Å². The molecule has 1 saturated heterocycles. The molecule has 2 fully saturated rings. The minimum Gasteiger partial charge on any atom is -0.323 e. The van der Waals surface area contributed by atoms with Crippen LogP contribution in [0, 0.1) is 5.92 Å². The summed E-state index contributed by atoms with van der Waals surface area (Å²) in [6.45, 7) is 6.51. The molecular weight excluding hydrogens is 256 g/mol. The molecule has 0 bridgehead atoms. The number of rotatable bonds is 4. The summed E-state index contributed by atoms with van der Waals surface area (Å²) < 4.78 is 0. The van der Waals surface area contributed by atoms with E-state index in [1.54, 1.807) is 0 Å². The molecule has 19 heavy (non-hydrogen) atoms. The van der Waals surface area contributed by atoms with Gasteiger partial charge in [0.15, 0.2) is 0 Å². The number of hydrogen-bond acceptors (Lipinski definition) is 3. The van der Waals surface area contributed by atoms with Crippen LogP contribution in [0.3, 0.4) is 0 Å². The maximum absolute atomic E-state index is 12.6. The van der Waals surface area contributed by atoms with E-state index in [1.807, 2.05) is 11.8 Å². The van der Waals surface area contributed by atoms with Crippen molar-refractivity contribution in [3.63, 3.8) is 0 Å². The number of thioether (sulfide) groups is 1. The lowest BCUT2D eigenvalue weighted by atomic mass is 9.93. The average molecular weight is 284 g/mol. The molecule has 2 atom stereocenters. The molecule has 0 aromatic rings. The standard InChI is InChI=1S/C15H28N2OS/c1-10(2)9-14-15(18)17(11(3)16-14)12-5-7-13(19-4)8-6-12/h10-14,16H,5-9H2,1-4H3. The molecule has 1 heterocycles. The second-order valence-corrected chi connectivity index (χ2v) is 7.57. The molecule has 1 saturated carbocycles. The van der Waals surface area contributed by atoms with Crippen LogP contribution in [0.15, 0.2) is 0 Å². The molecule has 1 amide bonds. The van der Waals surface area contributed by atoms with E-state index in [2.05, 4.69) is 37.2 Å². The van der Waals surface area contributed by atoms with Gasteiger partial charge in [0.1, 0.15) is 0 Å². The Labute approximate surface area is 121 Å². The van der Waals surface area contributed by atoms with E-state index in [0.29, 0.717) is 17.9 Å². The monoisotopic (exact) mass is 284 g/mol. The Hall–Kier alpha value is -0.220. The highest BCUT2D eigenvalue weighted by molar-refractivity contribution is 7.99. The van der Waals surface area contributed by atoms with Gasteiger partial charge >= 0.3 is 0 Å². The molecule has 1 aliphatic carbocycles. The zero-order chi connectivity index (χ0) is 14.0. The van der Waals surface area contributed by atoms with E-state index in [4.69, 9.17) is 0 Å². The van der Waals surface area contributed by atoms with Gasteiger partial charge in [0.05, 0.1) is 12.2 Å². The molecule has 0 radical (unpaired) electrons. The highest BCUT2D eigenvalue weighted by Gasteiger charge is 2.41. The Balaban J connectivity index is 1.95. The molecule has 110 valence electrons. The SMILES string of the molecule is CSC1CCC(N2C(=O)C(CC(C)C)NC2C)CC1. The van der Waals surface area contributed by atoms with Crippen LogP contribution in [0.1, 0.15) is 52.9 Å². The van der Waals surface area contributed by atoms with Crippen molar-refractivity contribution in [2.75, 3.05) is 6.26 Å². The van der Waals surface area contributed by atoms with Crippen LogP contribution < -0.4 is 5.32 Å². The maximum Gasteiger partial charge on any atom is 0.241 e. The fourth-order valence-corrected chi connectivity index (χ4v) is 4.25. The summed E-state index contributed by atoms with van der Waals surface area (Å²) in [4.78, 5) is 14.7. The van der Waals surface area contributed by atoms with Gasteiger partial charge in [0.25, 0.3) is 0 Å². The fraction of sp³-hybridized carbons (Fsp3) is 0.933. The summed E-state index contributed by atoms with van der Waals surface area (Å²) in [5.74, 6) is 0.912. The lowest BCUT2D eigenvalue weighted by molar-refractivity contribution is -0.132. The lowest BCUT2D eigenvalue weighted by Gasteiger charge is -2.36. The summed E-state index contributed by atoms with van der Waals surface area (Å²) in [5.41, 5.74) is 0. The van der Waals surface area contributed by atoms with E-state index < -0.39 is 0 Å². The predicted molar refractivity (Wildman–Crippen MR) is 82.2 cm³/mol. The molecule has 0 aromatic carbocycles. The van der Waals surface area contributed by atoms with E-state index in [0.717, 1.165) is 11.7 Å². The van der Waals surface area contributed by atoms with E-state index in [9.17, 15) is 4.79 Å². The number of carbonyl (C=O) groups excluding carboxylic acids is 1. The minimum absolute atomic E-state index is 0.0493. The second-order valence-electron chi connectivity index (χ2n) is 6.44. The zero-order valence-electron chi connectivity index (χ0n) is 12.7. The smallest absolute Gasteiger partial charge is 0.241 e. The topological polar surface area (TPSA) is 32.3 Å². The van der Waals surface area contributed by atoms with Gasteiger partial charge in [0.2, 0.25) is 5.91 Å². The number of amides is 1. The fourth-order valence-electron chi connectivity index (χ4n) is 3.51. The van der Waals surface area contributed by atoms with Crippen LogP contribution in [-0.2, 0) is 4.79 Å². The Kier molecular flexibility index (Phi) is 5.18. The highest BCUT2D eigenvalue weighted by Crippen LogP contribution is 2.32. The predicted octanol–water partition coefficient (Wildman–Crippen LogP) is 2.85. The summed E-state index contributed by atoms with van der Waals surface area (Å²) in [6, 6.07) is 0.517. The van der Waals surface area contributed by atoms with Crippen LogP contribution in [0.2, 0.25) is 0 Å². The van der Waals surface area contributed by atoms with Crippen LogP contribution in [0.5, 0.6) is 0 Å². The van der Waals surface area contributed by atoms with Crippen molar-refractivity contribution in [2.45, 2.75) is 76.4 Å². The number of nitrogens with zero attached hydrogens (tertiary/aromatic N) is 1. The Morgan fingerprint density at radius 1 is 1.32 bits per heavy atom. The first-order valence-corrected chi connectivity index (χ1v) is 8.92. The third kappa shape index (κ3) is 3.46. The normalized spacial score (nSPS) is 36.3. The molecule has 2 aliphatic rings. The highest BCUT2D eigenvalue weighted by atomic mass is 32.2. The lowest BCUT2D eigenvalue weighted by Crippen LogP contribution is -2.45. The summed E-state index contributed by atoms with van der Waals surface area (Å²) in [7, 11) is 0. The Morgan fingerprint density at radius 3 is 2.47 bits per heavy atom. The minimum atomic E-state index is 0.0493. The van der Waals surface area contributed by atoms with Gasteiger partial charge in [-0.2, -0.15) is 11.8 Å². The van der Waals surface area contributed by atoms with Crippen LogP contribution in [-0.4, -0.2) is 40.6 Å². The molecular formula is C15H28N2OS. The number of carbonyl (C=O) groups is 1. The molecule has 0 aromatic heterocycles. The average Bonchev–Trinajstić information content (AvgIpc) is 2.64. The van der Waals surface area contributed by atoms with E-state index >= 15 is 0 Å². The molecule has 4 heteroatoms. The van der Waals surface area contributed by atoms with E-state index in [-0.39, 0.29) is 12.2 Å². The van der Waals surface area contributed by atoms with Crippen molar-refractivity contribution in [3.8, 4) is 0 Å². The summed E-state index contributed by atoms with van der Waals surface area (Å²) >= 11 is 1.98. The van der Waals surface area contributed by atoms with Crippen molar-refractivity contribution in [3.05, 3.63) is 0 Å². The van der Waals surface area contributed by atoms with Gasteiger partial charge in [-0.3, -0.25) is 10.1 Å². The van der Waals surface area contributed by atoms with E-state index in [1.165, 1.54) is 25.7 Å². The molecule has 1 aliphatic heterocycles. The van der Waals surface area contributed by atoms with Crippen molar-refractivity contribution in [1.29, 1.82) is 0 Å². The molecule has 0 spiro atoms. The van der Waals surface area contributed by atoms with Crippen molar-refractivity contribution < 1.29 is 4.79 Å². The van der Waals surface area contributed by atoms with Crippen LogP contribution >= 0.6 is 11.8 Å². The first kappa shape index (κ1) is 15.2. The third-order valence-corrected chi connectivity index (χ3v) is 5.63. The zero-order valence-corrected chi connectivity index (χ0v) is 13.5. The van der Waals surface area contributed by atoms with Crippen molar-refractivity contribution in [1.82, 2.24) is 10.2 Å². The molecule has 2 rings (SSSR count). The second kappa shape index (κ2) is 6.49. The Morgan fingerprint density at radius 2 is 1.95 bits per heavy atom. The summed E-state index contributed by atoms with van der Waals surface area (Å²) in [5, 5.41) is 4.29. The molecule has 3 nitrogen and oxygen atoms in total. The first-order valence-electron chi connectivity index (χ1n) is 7.64. The third-order valence-electron chi connectivity index (χ3n) is 4.49. The first-order chi connectivity index (χ1) is 9.02. The quantitative estimate of drug-likeness (QED) is 0.861. The van der Waals surface area contributed by atoms with Gasteiger partial charge in [-0.05, 0) is 51.2 Å². The van der Waals surface area contributed by atoms with Gasteiger partial charge in [-0.1, -0.05) is 13.8 Å². The van der Waals surface area contributed by atoms with Gasteiger partial charge in [-0.15, -0.1) is 0 Å². The van der Waals surface area contributed by atoms with Crippen molar-refractivity contribution in [2.24, 2.45) is 5.92 Å². The summed E-state index contributed by atoms with van der Waals surface area (Å²) in [6.07, 6.45) is 8.25. The Bertz CT molecular complexity index is 313. The maximum atomic E-state index is 12.6. The van der Waals surface area contributed by atoms with Gasteiger partial charge in [-0.25, -0.2) is 0 Å². The van der Waals surface area contributed by atoms with Gasteiger partial charge in [0, 0.05) is 11.3 Å². The number of nitrogens with one attached hydrogen (secondary N) is 1. The molecule has 1 N–H and O–H groups in total. The largest absolute Gasteiger partial charge is 0.323 e. The van der Waals surface area contributed by atoms with Gasteiger partial charge < -0.3 is 4.90 Å². The van der Waals surface area contributed by atoms with Crippen molar-refractivity contribution >= 4 is 17.7 Å². The molecule has 2 unspecified atom stereocenters. The number of hydrogen-bond donors (Lipinski definition) is 1. The van der Waals surface area contributed by atoms with Crippen LogP contribution in [0.4, 0.5) is 0 Å².